The number of rotatable bonds is 2. The van der Waals surface area contributed by atoms with E-state index in [2.05, 4.69) is 19.9 Å². The molecule has 0 spiro atoms. The average molecular weight is 562 g/mol. The Labute approximate surface area is 231 Å². The lowest BCUT2D eigenvalue weighted by Gasteiger charge is -2.12. The first-order valence-electron chi connectivity index (χ1n) is 12.0. The summed E-state index contributed by atoms with van der Waals surface area (Å²) in [5.74, 6) is -3.27. The number of hydrogen-bond donors (Lipinski definition) is 1. The van der Waals surface area contributed by atoms with Crippen molar-refractivity contribution in [2.45, 2.75) is 13.8 Å². The van der Waals surface area contributed by atoms with Gasteiger partial charge in [0.1, 0.15) is 11.6 Å². The fourth-order valence-corrected chi connectivity index (χ4v) is 4.63. The second kappa shape index (κ2) is 10.9. The molecule has 6 rings (SSSR count). The zero-order chi connectivity index (χ0) is 28.6. The van der Waals surface area contributed by atoms with Crippen LogP contribution in [0.25, 0.3) is 44.3 Å². The lowest BCUT2D eigenvalue weighted by Crippen LogP contribution is -2.01. The molecule has 4 aromatic heterocycles. The number of fused-ring (bicyclic) bond motifs is 2. The molecule has 0 unspecified atom stereocenters. The van der Waals surface area contributed by atoms with Gasteiger partial charge in [-0.15, -0.1) is 0 Å². The lowest BCUT2D eigenvalue weighted by molar-refractivity contribution is 0.517. The molecule has 0 saturated heterocycles. The molecule has 0 amide bonds. The van der Waals surface area contributed by atoms with E-state index in [1.54, 1.807) is 62.9 Å². The summed E-state index contributed by atoms with van der Waals surface area (Å²) in [6, 6.07) is 11.6. The van der Waals surface area contributed by atoms with Crippen LogP contribution in [0, 0.1) is 37.1 Å². The molecule has 0 atom stereocenters. The van der Waals surface area contributed by atoms with Gasteiger partial charge in [0, 0.05) is 53.7 Å². The van der Waals surface area contributed by atoms with Gasteiger partial charge in [0.15, 0.2) is 11.6 Å². The van der Waals surface area contributed by atoms with Gasteiger partial charge in [-0.05, 0) is 61.4 Å². The molecular formula is C30H20ClF4N5. The van der Waals surface area contributed by atoms with Crippen LogP contribution in [0.15, 0.2) is 73.3 Å². The maximum Gasteiger partial charge on any atom is 0.170 e. The maximum absolute atomic E-state index is 13.9. The second-order valence-electron chi connectivity index (χ2n) is 8.91. The molecule has 2 aromatic carbocycles. The van der Waals surface area contributed by atoms with Gasteiger partial charge in [-0.2, -0.15) is 0 Å². The van der Waals surface area contributed by atoms with Crippen molar-refractivity contribution < 1.29 is 17.6 Å². The number of nitrogen functional groups attached to an aromatic ring is 1. The van der Waals surface area contributed by atoms with Gasteiger partial charge >= 0.3 is 0 Å². The van der Waals surface area contributed by atoms with Crippen molar-refractivity contribution in [1.82, 2.24) is 19.9 Å². The van der Waals surface area contributed by atoms with E-state index in [0.29, 0.717) is 28.0 Å². The standard InChI is InChI=1S/C15H9ClF2N2.C15H11F2N3/c1-8-14(16)13-11(18)6-10(17)7-12(13)20-15(8)9-2-4-19-5-3-9;1-8-14(18)12-11(3-2-10(16)13(12)17)20-15(8)9-4-6-19-7-5-9/h2-7H,1H3;2-7H,1H3,(H2,18,20). The third-order valence-electron chi connectivity index (χ3n) is 6.41. The number of benzene rings is 2. The van der Waals surface area contributed by atoms with Crippen LogP contribution in [-0.2, 0) is 0 Å². The highest BCUT2D eigenvalue weighted by molar-refractivity contribution is 6.36. The van der Waals surface area contributed by atoms with Crippen molar-refractivity contribution in [1.29, 1.82) is 0 Å². The SMILES string of the molecule is Cc1c(-c2ccncc2)nc2cc(F)cc(F)c2c1Cl.Cc1c(-c2ccncc2)nc2ccc(F)c(F)c2c1N. The zero-order valence-corrected chi connectivity index (χ0v) is 21.9. The summed E-state index contributed by atoms with van der Waals surface area (Å²) in [6.45, 7) is 3.50. The van der Waals surface area contributed by atoms with Crippen LogP contribution in [0.3, 0.4) is 0 Å². The normalized spacial score (nSPS) is 11.0. The first kappa shape index (κ1) is 27.0. The summed E-state index contributed by atoms with van der Waals surface area (Å²) in [5.41, 5.74) is 10.8. The fraction of sp³-hybridized carbons (Fsp3) is 0.0667. The van der Waals surface area contributed by atoms with Crippen molar-refractivity contribution in [3.8, 4) is 22.5 Å². The predicted octanol–water partition coefficient (Wildman–Crippen LogP) is 8.00. The van der Waals surface area contributed by atoms with Crippen LogP contribution in [0.2, 0.25) is 5.02 Å². The monoisotopic (exact) mass is 561 g/mol. The fourth-order valence-electron chi connectivity index (χ4n) is 4.35. The quantitative estimate of drug-likeness (QED) is 0.217. The summed E-state index contributed by atoms with van der Waals surface area (Å²) in [7, 11) is 0. The molecule has 0 saturated carbocycles. The Kier molecular flexibility index (Phi) is 7.32. The third-order valence-corrected chi connectivity index (χ3v) is 6.88. The molecule has 40 heavy (non-hydrogen) atoms. The summed E-state index contributed by atoms with van der Waals surface area (Å²) in [4.78, 5) is 16.6. The lowest BCUT2D eigenvalue weighted by atomic mass is 10.0. The molecule has 200 valence electrons. The van der Waals surface area contributed by atoms with Gasteiger partial charge in [0.2, 0.25) is 0 Å². The average Bonchev–Trinajstić information content (AvgIpc) is 2.95. The number of nitrogens with zero attached hydrogens (tertiary/aromatic N) is 4. The molecule has 2 N–H and O–H groups in total. The van der Waals surface area contributed by atoms with Crippen molar-refractivity contribution >= 4 is 39.1 Å². The summed E-state index contributed by atoms with van der Waals surface area (Å²) in [6.07, 6.45) is 6.53. The van der Waals surface area contributed by atoms with Crippen LogP contribution in [0.4, 0.5) is 23.2 Å². The van der Waals surface area contributed by atoms with Crippen LogP contribution in [0.1, 0.15) is 11.1 Å². The number of hydrogen-bond acceptors (Lipinski definition) is 5. The van der Waals surface area contributed by atoms with Crippen molar-refractivity contribution in [3.63, 3.8) is 0 Å². The van der Waals surface area contributed by atoms with E-state index in [4.69, 9.17) is 17.3 Å². The Morgan fingerprint density at radius 3 is 1.80 bits per heavy atom. The largest absolute Gasteiger partial charge is 0.398 e. The van der Waals surface area contributed by atoms with Gasteiger partial charge in [-0.3, -0.25) is 9.97 Å². The van der Waals surface area contributed by atoms with Gasteiger partial charge in [-0.25, -0.2) is 27.5 Å². The van der Waals surface area contributed by atoms with Crippen molar-refractivity contribution in [3.05, 3.63) is 113 Å². The van der Waals surface area contributed by atoms with E-state index in [1.165, 1.54) is 12.1 Å². The van der Waals surface area contributed by atoms with Gasteiger partial charge in [-0.1, -0.05) is 11.6 Å². The zero-order valence-electron chi connectivity index (χ0n) is 21.2. The minimum Gasteiger partial charge on any atom is -0.398 e. The van der Waals surface area contributed by atoms with E-state index < -0.39 is 23.3 Å². The van der Waals surface area contributed by atoms with Crippen LogP contribution in [0.5, 0.6) is 0 Å². The van der Waals surface area contributed by atoms with Gasteiger partial charge in [0.05, 0.1) is 38.2 Å². The van der Waals surface area contributed by atoms with Gasteiger partial charge in [0.25, 0.3) is 0 Å². The highest BCUT2D eigenvalue weighted by Gasteiger charge is 2.17. The van der Waals surface area contributed by atoms with Crippen LogP contribution >= 0.6 is 11.6 Å². The number of aromatic nitrogens is 4. The third kappa shape index (κ3) is 4.91. The minimum atomic E-state index is -0.961. The van der Waals surface area contributed by atoms with Crippen molar-refractivity contribution in [2.75, 3.05) is 5.73 Å². The maximum atomic E-state index is 13.9. The number of nitrogens with two attached hydrogens (primary N) is 1. The summed E-state index contributed by atoms with van der Waals surface area (Å²) in [5, 5.41) is 0.419. The summed E-state index contributed by atoms with van der Waals surface area (Å²) >= 11 is 6.22. The molecule has 0 radical (unpaired) electrons. The molecular weight excluding hydrogens is 542 g/mol. The molecule has 0 bridgehead atoms. The van der Waals surface area contributed by atoms with Crippen LogP contribution < -0.4 is 5.73 Å². The molecule has 0 aliphatic rings. The Morgan fingerprint density at radius 1 is 0.650 bits per heavy atom. The number of pyridine rings is 4. The minimum absolute atomic E-state index is 0.0281. The number of anilines is 1. The molecule has 10 heteroatoms. The van der Waals surface area contributed by atoms with Crippen molar-refractivity contribution in [2.24, 2.45) is 0 Å². The second-order valence-corrected chi connectivity index (χ2v) is 9.29. The van der Waals surface area contributed by atoms with Gasteiger partial charge < -0.3 is 5.73 Å². The Morgan fingerprint density at radius 2 is 1.20 bits per heavy atom. The van der Waals surface area contributed by atoms with E-state index in [9.17, 15) is 17.6 Å². The predicted molar refractivity (Wildman–Crippen MR) is 149 cm³/mol. The number of halogens is 5. The Hall–Kier alpha value is -4.63. The molecule has 5 nitrogen and oxygen atoms in total. The highest BCUT2D eigenvalue weighted by Crippen LogP contribution is 2.35. The Balaban J connectivity index is 0.000000161. The Bertz CT molecular complexity index is 1880. The topological polar surface area (TPSA) is 77.6 Å². The first-order valence-corrected chi connectivity index (χ1v) is 12.3. The van der Waals surface area contributed by atoms with E-state index in [1.807, 2.05) is 0 Å². The molecule has 0 fully saturated rings. The van der Waals surface area contributed by atoms with E-state index in [-0.39, 0.29) is 27.0 Å². The smallest absolute Gasteiger partial charge is 0.170 e. The van der Waals surface area contributed by atoms with E-state index in [0.717, 1.165) is 23.3 Å². The first-order chi connectivity index (χ1) is 19.2. The van der Waals surface area contributed by atoms with E-state index >= 15 is 0 Å². The van der Waals surface area contributed by atoms with Crippen LogP contribution in [-0.4, -0.2) is 19.9 Å². The molecule has 0 aliphatic carbocycles. The molecule has 0 aliphatic heterocycles. The molecule has 4 heterocycles. The molecule has 6 aromatic rings. The highest BCUT2D eigenvalue weighted by atomic mass is 35.5. The summed E-state index contributed by atoms with van der Waals surface area (Å²) < 4.78 is 54.4.